The fourth-order valence-corrected chi connectivity index (χ4v) is 2.04. The zero-order valence-electron chi connectivity index (χ0n) is 11.0. The third-order valence-corrected chi connectivity index (χ3v) is 3.42. The lowest BCUT2D eigenvalue weighted by molar-refractivity contribution is -0.384. The molecule has 0 bridgehead atoms. The Hall–Kier alpha value is -1.50. The van der Waals surface area contributed by atoms with Crippen LogP contribution in [-0.2, 0) is 9.47 Å². The molecule has 0 radical (unpaired) electrons. The van der Waals surface area contributed by atoms with Gasteiger partial charge in [-0.15, -0.1) is 0 Å². The van der Waals surface area contributed by atoms with Crippen LogP contribution in [0.3, 0.4) is 0 Å². The average molecular weight is 266 g/mol. The van der Waals surface area contributed by atoms with Crippen molar-refractivity contribution >= 4 is 5.69 Å². The van der Waals surface area contributed by atoms with Crippen LogP contribution in [0.15, 0.2) is 24.3 Å². The lowest BCUT2D eigenvalue weighted by Crippen LogP contribution is -2.49. The van der Waals surface area contributed by atoms with E-state index in [1.54, 1.807) is 12.1 Å². The molecule has 0 saturated carbocycles. The van der Waals surface area contributed by atoms with Gasteiger partial charge >= 0.3 is 0 Å². The molecular weight excluding hydrogens is 248 g/mol. The second-order valence-electron chi connectivity index (χ2n) is 4.85. The highest BCUT2D eigenvalue weighted by molar-refractivity contribution is 5.34. The van der Waals surface area contributed by atoms with Crippen LogP contribution >= 0.6 is 0 Å². The van der Waals surface area contributed by atoms with Crippen molar-refractivity contribution in [3.05, 3.63) is 39.9 Å². The molecule has 1 aliphatic heterocycles. The van der Waals surface area contributed by atoms with E-state index in [-0.39, 0.29) is 17.8 Å². The maximum atomic E-state index is 10.6. The minimum atomic E-state index is -0.650. The van der Waals surface area contributed by atoms with Gasteiger partial charge in [-0.1, -0.05) is 6.92 Å². The minimum absolute atomic E-state index is 0.0580. The van der Waals surface area contributed by atoms with Crippen molar-refractivity contribution in [2.45, 2.75) is 38.2 Å². The van der Waals surface area contributed by atoms with Crippen LogP contribution in [-0.4, -0.2) is 23.4 Å². The van der Waals surface area contributed by atoms with Crippen molar-refractivity contribution < 1.29 is 14.4 Å². The molecule has 6 heteroatoms. The molecule has 3 atom stereocenters. The van der Waals surface area contributed by atoms with Gasteiger partial charge in [-0.2, -0.15) is 0 Å². The van der Waals surface area contributed by atoms with Gasteiger partial charge in [-0.25, -0.2) is 0 Å². The molecule has 0 spiro atoms. The van der Waals surface area contributed by atoms with Gasteiger partial charge in [-0.3, -0.25) is 10.1 Å². The number of hydrogen-bond acceptors (Lipinski definition) is 5. The summed E-state index contributed by atoms with van der Waals surface area (Å²) in [5.74, 6) is -0.650. The zero-order chi connectivity index (χ0) is 14.0. The number of ether oxygens (including phenoxy) is 2. The number of non-ortho nitro benzene ring substituents is 1. The van der Waals surface area contributed by atoms with Gasteiger partial charge < -0.3 is 15.2 Å². The summed E-state index contributed by atoms with van der Waals surface area (Å²) in [5.41, 5.74) is 6.89. The highest BCUT2D eigenvalue weighted by Crippen LogP contribution is 2.34. The third kappa shape index (κ3) is 2.91. The summed E-state index contributed by atoms with van der Waals surface area (Å²) < 4.78 is 11.5. The smallest absolute Gasteiger partial charge is 0.269 e. The fourth-order valence-electron chi connectivity index (χ4n) is 2.04. The van der Waals surface area contributed by atoms with Gasteiger partial charge in [0, 0.05) is 12.1 Å². The maximum absolute atomic E-state index is 10.6. The summed E-state index contributed by atoms with van der Waals surface area (Å²) in [6.07, 6.45) is 0.405. The number of nitro groups is 1. The van der Waals surface area contributed by atoms with Crippen molar-refractivity contribution in [1.29, 1.82) is 0 Å². The normalized spacial score (nSPS) is 31.1. The van der Waals surface area contributed by atoms with E-state index in [1.807, 2.05) is 13.8 Å². The Labute approximate surface area is 111 Å². The average Bonchev–Trinajstić information content (AvgIpc) is 2.42. The first-order valence-electron chi connectivity index (χ1n) is 6.27. The van der Waals surface area contributed by atoms with E-state index in [4.69, 9.17) is 15.2 Å². The lowest BCUT2D eigenvalue weighted by Gasteiger charge is -2.41. The first kappa shape index (κ1) is 13.9. The molecule has 6 nitrogen and oxygen atoms in total. The number of benzene rings is 1. The molecule has 0 aliphatic carbocycles. The standard InChI is InChI=1S/C13H18N2O4/c1-3-13(2)18-8-11(14)12(19-13)9-4-6-10(7-5-9)15(16)17/h4-7,11-12H,3,8,14H2,1-2H3/t11-,12-,13?/m0/s1. The van der Waals surface area contributed by atoms with E-state index in [1.165, 1.54) is 12.1 Å². The summed E-state index contributed by atoms with van der Waals surface area (Å²) >= 11 is 0. The molecule has 1 unspecified atom stereocenters. The monoisotopic (exact) mass is 266 g/mol. The SMILES string of the molecule is CCC1(C)OC[C@H](N)[C@H](c2ccc([N+](=O)[O-])cc2)O1. The molecule has 2 N–H and O–H groups in total. The number of nitro benzene ring substituents is 1. The van der Waals surface area contributed by atoms with E-state index in [0.29, 0.717) is 13.0 Å². The van der Waals surface area contributed by atoms with E-state index in [2.05, 4.69) is 0 Å². The van der Waals surface area contributed by atoms with Crippen LogP contribution in [0.25, 0.3) is 0 Å². The highest BCUT2D eigenvalue weighted by Gasteiger charge is 2.37. The Morgan fingerprint density at radius 1 is 1.47 bits per heavy atom. The molecule has 2 rings (SSSR count). The van der Waals surface area contributed by atoms with Gasteiger partial charge in [0.05, 0.1) is 17.6 Å². The first-order chi connectivity index (χ1) is 8.95. The molecule has 1 saturated heterocycles. The Morgan fingerprint density at radius 2 is 2.11 bits per heavy atom. The van der Waals surface area contributed by atoms with Crippen molar-refractivity contribution in [2.24, 2.45) is 5.73 Å². The Kier molecular flexibility index (Phi) is 3.84. The molecule has 1 aromatic rings. The predicted octanol–water partition coefficient (Wildman–Crippen LogP) is 2.14. The molecule has 19 heavy (non-hydrogen) atoms. The van der Waals surface area contributed by atoms with Crippen molar-refractivity contribution in [2.75, 3.05) is 6.61 Å². The van der Waals surface area contributed by atoms with Crippen LogP contribution in [0.4, 0.5) is 5.69 Å². The summed E-state index contributed by atoms with van der Waals surface area (Å²) in [6.45, 7) is 4.26. The fraction of sp³-hybridized carbons (Fsp3) is 0.538. The van der Waals surface area contributed by atoms with E-state index < -0.39 is 10.7 Å². The number of rotatable bonds is 3. The molecule has 0 aromatic heterocycles. The van der Waals surface area contributed by atoms with Gasteiger partial charge in [0.2, 0.25) is 0 Å². The number of nitrogens with two attached hydrogens (primary N) is 1. The van der Waals surface area contributed by atoms with Gasteiger partial charge in [0.25, 0.3) is 5.69 Å². The molecule has 104 valence electrons. The van der Waals surface area contributed by atoms with Gasteiger partial charge in [0.15, 0.2) is 5.79 Å². The molecule has 1 aliphatic rings. The van der Waals surface area contributed by atoms with Crippen molar-refractivity contribution in [1.82, 2.24) is 0 Å². The topological polar surface area (TPSA) is 87.6 Å². The molecule has 1 aromatic carbocycles. The quantitative estimate of drug-likeness (QED) is 0.669. The summed E-state index contributed by atoms with van der Waals surface area (Å²) in [6, 6.07) is 6.02. The summed E-state index contributed by atoms with van der Waals surface area (Å²) in [5, 5.41) is 10.6. The van der Waals surface area contributed by atoms with Crippen LogP contribution in [0, 0.1) is 10.1 Å². The summed E-state index contributed by atoms with van der Waals surface area (Å²) in [4.78, 5) is 10.2. The van der Waals surface area contributed by atoms with Crippen LogP contribution in [0.2, 0.25) is 0 Å². The van der Waals surface area contributed by atoms with Crippen LogP contribution < -0.4 is 5.73 Å². The Balaban J connectivity index is 2.21. The lowest BCUT2D eigenvalue weighted by atomic mass is 10.0. The predicted molar refractivity (Wildman–Crippen MR) is 69.5 cm³/mol. The maximum Gasteiger partial charge on any atom is 0.269 e. The molecular formula is C13H18N2O4. The zero-order valence-corrected chi connectivity index (χ0v) is 11.0. The van der Waals surface area contributed by atoms with Crippen molar-refractivity contribution in [3.8, 4) is 0 Å². The van der Waals surface area contributed by atoms with Gasteiger partial charge in [0.1, 0.15) is 6.10 Å². The molecule has 1 fully saturated rings. The molecule has 1 heterocycles. The van der Waals surface area contributed by atoms with E-state index >= 15 is 0 Å². The Morgan fingerprint density at radius 3 is 2.63 bits per heavy atom. The second-order valence-corrected chi connectivity index (χ2v) is 4.85. The Bertz CT molecular complexity index is 462. The molecule has 0 amide bonds. The second kappa shape index (κ2) is 5.24. The highest BCUT2D eigenvalue weighted by atomic mass is 16.7. The minimum Gasteiger partial charge on any atom is -0.348 e. The number of nitrogens with zero attached hydrogens (tertiary/aromatic N) is 1. The largest absolute Gasteiger partial charge is 0.348 e. The number of hydrogen-bond donors (Lipinski definition) is 1. The van der Waals surface area contributed by atoms with Crippen LogP contribution in [0.1, 0.15) is 31.9 Å². The van der Waals surface area contributed by atoms with Crippen LogP contribution in [0.5, 0.6) is 0 Å². The summed E-state index contributed by atoms with van der Waals surface area (Å²) in [7, 11) is 0. The van der Waals surface area contributed by atoms with Crippen molar-refractivity contribution in [3.63, 3.8) is 0 Å². The first-order valence-corrected chi connectivity index (χ1v) is 6.27. The van der Waals surface area contributed by atoms with E-state index in [0.717, 1.165) is 5.56 Å². The van der Waals surface area contributed by atoms with E-state index in [9.17, 15) is 10.1 Å². The van der Waals surface area contributed by atoms with Gasteiger partial charge in [-0.05, 0) is 31.0 Å². The third-order valence-electron chi connectivity index (χ3n) is 3.42.